The molecule has 0 heterocycles. The Morgan fingerprint density at radius 2 is 0.833 bits per heavy atom. The zero-order chi connectivity index (χ0) is 44.2. The van der Waals surface area contributed by atoms with E-state index in [1.54, 1.807) is 0 Å². The number of hydrogen-bond acceptors (Lipinski definition) is 9. The second kappa shape index (κ2) is 43.9. The molecular formula is C48H92NO10P. The van der Waals surface area contributed by atoms with Gasteiger partial charge >= 0.3 is 25.7 Å². The van der Waals surface area contributed by atoms with E-state index < -0.39 is 51.1 Å². The van der Waals surface area contributed by atoms with Gasteiger partial charge in [-0.3, -0.25) is 23.4 Å². The molecule has 12 heteroatoms. The monoisotopic (exact) mass is 874 g/mol. The molecule has 1 unspecified atom stereocenters. The predicted octanol–water partition coefficient (Wildman–Crippen LogP) is 13.6. The molecule has 4 N–H and O–H groups in total. The van der Waals surface area contributed by atoms with Crippen molar-refractivity contribution in [3.63, 3.8) is 0 Å². The van der Waals surface area contributed by atoms with Gasteiger partial charge in [0.25, 0.3) is 0 Å². The third-order valence-corrected chi connectivity index (χ3v) is 12.0. The van der Waals surface area contributed by atoms with E-state index in [0.717, 1.165) is 38.5 Å². The lowest BCUT2D eigenvalue weighted by Gasteiger charge is -2.20. The van der Waals surface area contributed by atoms with Crippen molar-refractivity contribution in [2.75, 3.05) is 19.8 Å². The van der Waals surface area contributed by atoms with Gasteiger partial charge in [0.15, 0.2) is 6.10 Å². The second-order valence-corrected chi connectivity index (χ2v) is 18.4. The number of rotatable bonds is 47. The maximum atomic E-state index is 12.7. The van der Waals surface area contributed by atoms with Crippen LogP contribution >= 0.6 is 7.82 Å². The van der Waals surface area contributed by atoms with E-state index in [4.69, 9.17) is 24.8 Å². The highest BCUT2D eigenvalue weighted by Gasteiger charge is 2.28. The zero-order valence-electron chi connectivity index (χ0n) is 38.6. The Bertz CT molecular complexity index is 1070. The van der Waals surface area contributed by atoms with Crippen molar-refractivity contribution in [2.45, 2.75) is 257 Å². The molecule has 11 nitrogen and oxygen atoms in total. The van der Waals surface area contributed by atoms with Gasteiger partial charge in [-0.2, -0.15) is 0 Å². The molecule has 0 amide bonds. The summed E-state index contributed by atoms with van der Waals surface area (Å²) in [6.07, 6.45) is 45.5. The summed E-state index contributed by atoms with van der Waals surface area (Å²) in [6.45, 7) is 2.84. The number of hydrogen-bond donors (Lipinski definition) is 3. The van der Waals surface area contributed by atoms with Crippen LogP contribution in [0.1, 0.15) is 245 Å². The Balaban J connectivity index is 4.25. The number of ether oxygens (including phenoxy) is 2. The number of aliphatic carboxylic acids is 1. The first-order valence-electron chi connectivity index (χ1n) is 24.7. The maximum Gasteiger partial charge on any atom is 0.472 e. The van der Waals surface area contributed by atoms with Gasteiger partial charge < -0.3 is 25.2 Å². The van der Waals surface area contributed by atoms with Crippen molar-refractivity contribution in [3.8, 4) is 0 Å². The van der Waals surface area contributed by atoms with Gasteiger partial charge in [0.2, 0.25) is 0 Å². The molecule has 0 aliphatic carbocycles. The van der Waals surface area contributed by atoms with Gasteiger partial charge in [-0.25, -0.2) is 4.57 Å². The summed E-state index contributed by atoms with van der Waals surface area (Å²) in [4.78, 5) is 46.1. The molecule has 60 heavy (non-hydrogen) atoms. The fourth-order valence-corrected chi connectivity index (χ4v) is 7.90. The SMILES string of the molecule is CCCCCCCC/C=C\CCCCCCCCCCCC(=O)O[C@H](COC(=O)CCCCCCCCCCCCCCCCCCC)COP(=O)(O)OC[C@H](N)C(=O)O. The van der Waals surface area contributed by atoms with Crippen molar-refractivity contribution in [1.29, 1.82) is 0 Å². The summed E-state index contributed by atoms with van der Waals surface area (Å²) in [5.41, 5.74) is 5.35. The van der Waals surface area contributed by atoms with E-state index in [0.29, 0.717) is 12.8 Å². The molecule has 0 spiro atoms. The van der Waals surface area contributed by atoms with E-state index >= 15 is 0 Å². The van der Waals surface area contributed by atoms with Gasteiger partial charge in [0.05, 0.1) is 13.2 Å². The summed E-state index contributed by atoms with van der Waals surface area (Å²) >= 11 is 0. The molecule has 0 bridgehead atoms. The Hall–Kier alpha value is -1.78. The Labute approximate surface area is 367 Å². The standard InChI is InChI=1S/C48H92NO10P/c1-3-5-7-9-11-13-15-17-19-21-22-24-26-28-30-32-34-36-38-40-47(51)59-44(42-57-60(54,55)58-43-45(49)48(52)53)41-56-46(50)39-37-35-33-31-29-27-25-23-20-18-16-14-12-10-8-6-4-2/h17,19,44-45H,3-16,18,20-43,49H2,1-2H3,(H,52,53)(H,54,55)/b19-17-/t44-,45+/m1/s1. The summed E-state index contributed by atoms with van der Waals surface area (Å²) < 4.78 is 32.8. The summed E-state index contributed by atoms with van der Waals surface area (Å²) in [5, 5.41) is 8.91. The number of phosphoric acid groups is 1. The summed E-state index contributed by atoms with van der Waals surface area (Å²) in [5.74, 6) is -2.36. The van der Waals surface area contributed by atoms with E-state index in [2.05, 4.69) is 30.5 Å². The highest BCUT2D eigenvalue weighted by atomic mass is 31.2. The molecule has 0 radical (unpaired) electrons. The van der Waals surface area contributed by atoms with Gasteiger partial charge in [0.1, 0.15) is 12.6 Å². The normalized spacial score (nSPS) is 13.7. The third kappa shape index (κ3) is 42.9. The number of carboxylic acids is 1. The number of carbonyl (C=O) groups excluding carboxylic acids is 2. The van der Waals surface area contributed by atoms with Crippen LogP contribution < -0.4 is 5.73 Å². The summed E-state index contributed by atoms with van der Waals surface area (Å²) in [7, 11) is -4.71. The number of esters is 2. The van der Waals surface area contributed by atoms with Gasteiger partial charge in [-0.05, 0) is 38.5 Å². The fraction of sp³-hybridized carbons (Fsp3) is 0.896. The van der Waals surface area contributed by atoms with Crippen molar-refractivity contribution < 1.29 is 47.5 Å². The van der Waals surface area contributed by atoms with Crippen LogP contribution in [0.2, 0.25) is 0 Å². The number of carboxylic acid groups (broad SMARTS) is 1. The Morgan fingerprint density at radius 3 is 1.22 bits per heavy atom. The van der Waals surface area contributed by atoms with Crippen LogP contribution in [0.25, 0.3) is 0 Å². The van der Waals surface area contributed by atoms with Crippen molar-refractivity contribution >= 4 is 25.7 Å². The van der Waals surface area contributed by atoms with Crippen molar-refractivity contribution in [2.24, 2.45) is 5.73 Å². The second-order valence-electron chi connectivity index (χ2n) is 17.0. The zero-order valence-corrected chi connectivity index (χ0v) is 39.5. The lowest BCUT2D eigenvalue weighted by atomic mass is 10.0. The first-order valence-corrected chi connectivity index (χ1v) is 26.2. The third-order valence-electron chi connectivity index (χ3n) is 11.0. The highest BCUT2D eigenvalue weighted by molar-refractivity contribution is 7.47. The maximum absolute atomic E-state index is 12.7. The average molecular weight is 874 g/mol. The molecule has 0 aliphatic heterocycles. The number of phosphoric ester groups is 1. The minimum atomic E-state index is -4.71. The van der Waals surface area contributed by atoms with E-state index in [-0.39, 0.29) is 19.4 Å². The summed E-state index contributed by atoms with van der Waals surface area (Å²) in [6, 6.07) is -1.52. The van der Waals surface area contributed by atoms with Crippen LogP contribution in [0.15, 0.2) is 12.2 Å². The van der Waals surface area contributed by atoms with Crippen LogP contribution in [-0.2, 0) is 37.5 Å². The Morgan fingerprint density at radius 1 is 0.500 bits per heavy atom. The van der Waals surface area contributed by atoms with E-state index in [1.165, 1.54) is 167 Å². The molecule has 0 saturated carbocycles. The molecule has 0 aromatic heterocycles. The quantitative estimate of drug-likeness (QED) is 0.0230. The van der Waals surface area contributed by atoms with Crippen molar-refractivity contribution in [3.05, 3.63) is 12.2 Å². The molecule has 0 saturated heterocycles. The molecule has 0 aliphatic rings. The largest absolute Gasteiger partial charge is 0.480 e. The van der Waals surface area contributed by atoms with Crippen LogP contribution in [0.4, 0.5) is 0 Å². The van der Waals surface area contributed by atoms with E-state index in [9.17, 15) is 23.8 Å². The molecular weight excluding hydrogens is 781 g/mol. The van der Waals surface area contributed by atoms with Crippen LogP contribution in [-0.4, -0.2) is 59.9 Å². The van der Waals surface area contributed by atoms with Crippen LogP contribution in [0.3, 0.4) is 0 Å². The Kier molecular flexibility index (Phi) is 42.6. The highest BCUT2D eigenvalue weighted by Crippen LogP contribution is 2.43. The average Bonchev–Trinajstić information content (AvgIpc) is 3.22. The smallest absolute Gasteiger partial charge is 0.472 e. The topological polar surface area (TPSA) is 172 Å². The molecule has 3 atom stereocenters. The van der Waals surface area contributed by atoms with Crippen molar-refractivity contribution in [1.82, 2.24) is 0 Å². The van der Waals surface area contributed by atoms with Gasteiger partial charge in [-0.15, -0.1) is 0 Å². The van der Waals surface area contributed by atoms with Crippen LogP contribution in [0.5, 0.6) is 0 Å². The molecule has 0 rings (SSSR count). The number of carbonyl (C=O) groups is 3. The molecule has 0 fully saturated rings. The molecule has 354 valence electrons. The van der Waals surface area contributed by atoms with Gasteiger partial charge in [-0.1, -0.05) is 206 Å². The minimum Gasteiger partial charge on any atom is -0.480 e. The predicted molar refractivity (Wildman–Crippen MR) is 245 cm³/mol. The lowest BCUT2D eigenvalue weighted by molar-refractivity contribution is -0.161. The number of nitrogens with two attached hydrogens (primary N) is 1. The first-order chi connectivity index (χ1) is 29.1. The lowest BCUT2D eigenvalue weighted by Crippen LogP contribution is -2.34. The van der Waals surface area contributed by atoms with Crippen LogP contribution in [0, 0.1) is 0 Å². The van der Waals surface area contributed by atoms with Gasteiger partial charge in [0, 0.05) is 12.8 Å². The molecule has 0 aromatic rings. The molecule has 0 aromatic carbocycles. The minimum absolute atomic E-state index is 0.164. The van der Waals surface area contributed by atoms with E-state index in [1.807, 2.05) is 0 Å². The number of allylic oxidation sites excluding steroid dienone is 2. The first kappa shape index (κ1) is 58.2. The fourth-order valence-electron chi connectivity index (χ4n) is 7.12. The number of unbranched alkanes of at least 4 members (excludes halogenated alkanes) is 31.